The predicted molar refractivity (Wildman–Crippen MR) is 73.2 cm³/mol. The van der Waals surface area contributed by atoms with Gasteiger partial charge in [-0.2, -0.15) is 9.97 Å². The number of morpholine rings is 1. The van der Waals surface area contributed by atoms with Crippen LogP contribution in [0.3, 0.4) is 0 Å². The number of anilines is 1. The molecule has 0 bridgehead atoms. The Hall–Kier alpha value is -1.67. The van der Waals surface area contributed by atoms with Crippen LogP contribution < -0.4 is 20.1 Å². The van der Waals surface area contributed by atoms with Crippen molar-refractivity contribution in [1.82, 2.24) is 15.0 Å². The summed E-state index contributed by atoms with van der Waals surface area (Å²) in [5, 5.41) is 0. The monoisotopic (exact) mass is 283 g/mol. The van der Waals surface area contributed by atoms with Crippen LogP contribution in [0.25, 0.3) is 0 Å². The molecule has 1 saturated heterocycles. The van der Waals surface area contributed by atoms with Gasteiger partial charge in [0.05, 0.1) is 25.9 Å². The number of hydrogen-bond acceptors (Lipinski definition) is 8. The largest absolute Gasteiger partial charge is 0.467 e. The Balaban J connectivity index is 2.29. The molecule has 2 rings (SSSR count). The van der Waals surface area contributed by atoms with Crippen LogP contribution in [0, 0.1) is 0 Å². The summed E-state index contributed by atoms with van der Waals surface area (Å²) in [6, 6.07) is 0.445. The number of methoxy groups -OCH3 is 2. The molecule has 1 unspecified atom stereocenters. The molecule has 1 aliphatic rings. The predicted octanol–water partition coefficient (Wildman–Crippen LogP) is -0.169. The summed E-state index contributed by atoms with van der Waals surface area (Å²) in [7, 11) is 3.01. The number of ether oxygens (including phenoxy) is 3. The van der Waals surface area contributed by atoms with Crippen molar-refractivity contribution in [2.75, 3.05) is 38.8 Å². The molecular formula is C12H21N5O3. The van der Waals surface area contributed by atoms with Crippen molar-refractivity contribution in [1.29, 1.82) is 0 Å². The van der Waals surface area contributed by atoms with E-state index in [4.69, 9.17) is 19.9 Å². The van der Waals surface area contributed by atoms with Crippen LogP contribution in [-0.4, -0.2) is 60.5 Å². The summed E-state index contributed by atoms with van der Waals surface area (Å²) >= 11 is 0. The van der Waals surface area contributed by atoms with Crippen LogP contribution in [0.15, 0.2) is 0 Å². The van der Waals surface area contributed by atoms with Crippen molar-refractivity contribution in [3.63, 3.8) is 0 Å². The van der Waals surface area contributed by atoms with Crippen LogP contribution in [0.1, 0.15) is 13.8 Å². The highest BCUT2D eigenvalue weighted by atomic mass is 16.5. The molecule has 112 valence electrons. The van der Waals surface area contributed by atoms with E-state index in [1.807, 2.05) is 18.7 Å². The van der Waals surface area contributed by atoms with E-state index in [9.17, 15) is 0 Å². The molecule has 2 N–H and O–H groups in total. The Kier molecular flexibility index (Phi) is 4.24. The molecule has 8 heteroatoms. The quantitative estimate of drug-likeness (QED) is 0.813. The Morgan fingerprint density at radius 3 is 2.35 bits per heavy atom. The summed E-state index contributed by atoms with van der Waals surface area (Å²) in [4.78, 5) is 14.5. The van der Waals surface area contributed by atoms with E-state index in [0.717, 1.165) is 0 Å². The molecule has 1 atom stereocenters. The fraction of sp³-hybridized carbons (Fsp3) is 0.750. The number of nitrogens with two attached hydrogens (primary N) is 1. The molecule has 1 aliphatic heterocycles. The minimum Gasteiger partial charge on any atom is -0.467 e. The second-order valence-electron chi connectivity index (χ2n) is 5.22. The number of hydrogen-bond donors (Lipinski definition) is 1. The Morgan fingerprint density at radius 2 is 1.85 bits per heavy atom. The van der Waals surface area contributed by atoms with Crippen molar-refractivity contribution in [2.24, 2.45) is 5.73 Å². The lowest BCUT2D eigenvalue weighted by Crippen LogP contribution is -2.55. The van der Waals surface area contributed by atoms with E-state index in [1.54, 1.807) is 0 Å². The maximum atomic E-state index is 5.89. The van der Waals surface area contributed by atoms with Gasteiger partial charge in [-0.15, -0.1) is 4.98 Å². The Morgan fingerprint density at radius 1 is 1.25 bits per heavy atom. The molecule has 8 nitrogen and oxygen atoms in total. The topological polar surface area (TPSA) is 95.6 Å². The van der Waals surface area contributed by atoms with Gasteiger partial charge in [0, 0.05) is 19.6 Å². The first kappa shape index (κ1) is 14.7. The highest BCUT2D eigenvalue weighted by molar-refractivity contribution is 5.34. The third kappa shape index (κ3) is 3.26. The van der Waals surface area contributed by atoms with Gasteiger partial charge in [-0.25, -0.2) is 0 Å². The zero-order valence-corrected chi connectivity index (χ0v) is 12.3. The summed E-state index contributed by atoms with van der Waals surface area (Å²) in [6.07, 6.45) is -0.0625. The van der Waals surface area contributed by atoms with Gasteiger partial charge in [-0.3, -0.25) is 0 Å². The summed E-state index contributed by atoms with van der Waals surface area (Å²) in [5.41, 5.74) is 5.40. The van der Waals surface area contributed by atoms with Gasteiger partial charge in [0.2, 0.25) is 5.95 Å². The average molecular weight is 283 g/mol. The Labute approximate surface area is 118 Å². The maximum Gasteiger partial charge on any atom is 0.324 e. The third-order valence-corrected chi connectivity index (χ3v) is 2.97. The van der Waals surface area contributed by atoms with Gasteiger partial charge in [0.15, 0.2) is 0 Å². The lowest BCUT2D eigenvalue weighted by Gasteiger charge is -2.42. The second kappa shape index (κ2) is 5.76. The van der Waals surface area contributed by atoms with Crippen LogP contribution in [0.4, 0.5) is 5.95 Å². The fourth-order valence-electron chi connectivity index (χ4n) is 2.22. The summed E-state index contributed by atoms with van der Waals surface area (Å²) < 4.78 is 16.0. The van der Waals surface area contributed by atoms with Gasteiger partial charge in [0.25, 0.3) is 0 Å². The maximum absolute atomic E-state index is 5.89. The van der Waals surface area contributed by atoms with Gasteiger partial charge in [-0.1, -0.05) is 0 Å². The van der Waals surface area contributed by atoms with E-state index in [-0.39, 0.29) is 23.7 Å². The molecule has 1 aromatic heterocycles. The zero-order valence-electron chi connectivity index (χ0n) is 12.3. The minimum absolute atomic E-state index is 0.0625. The SMILES string of the molecule is COc1nc(OC)nc(N2CC(CN)OC(C)(C)C2)n1. The molecule has 0 radical (unpaired) electrons. The lowest BCUT2D eigenvalue weighted by molar-refractivity contribution is -0.0792. The molecular weight excluding hydrogens is 262 g/mol. The molecule has 0 amide bonds. The molecule has 0 aromatic carbocycles. The van der Waals surface area contributed by atoms with Crippen molar-refractivity contribution in [2.45, 2.75) is 25.6 Å². The summed E-state index contributed by atoms with van der Waals surface area (Å²) in [6.45, 7) is 5.74. The highest BCUT2D eigenvalue weighted by Gasteiger charge is 2.34. The van der Waals surface area contributed by atoms with E-state index < -0.39 is 0 Å². The average Bonchev–Trinajstić information content (AvgIpc) is 2.44. The van der Waals surface area contributed by atoms with Gasteiger partial charge in [0.1, 0.15) is 0 Å². The van der Waals surface area contributed by atoms with Crippen molar-refractivity contribution >= 4 is 5.95 Å². The van der Waals surface area contributed by atoms with Crippen LogP contribution in [0.5, 0.6) is 12.0 Å². The molecule has 0 aliphatic carbocycles. The van der Waals surface area contributed by atoms with E-state index in [0.29, 0.717) is 25.6 Å². The third-order valence-electron chi connectivity index (χ3n) is 2.97. The molecule has 0 saturated carbocycles. The smallest absolute Gasteiger partial charge is 0.324 e. The van der Waals surface area contributed by atoms with Crippen LogP contribution in [0.2, 0.25) is 0 Å². The molecule has 1 aromatic rings. The first-order valence-electron chi connectivity index (χ1n) is 6.44. The number of rotatable bonds is 4. The molecule has 1 fully saturated rings. The molecule has 0 spiro atoms. The highest BCUT2D eigenvalue weighted by Crippen LogP contribution is 2.25. The van der Waals surface area contributed by atoms with E-state index in [1.165, 1.54) is 14.2 Å². The molecule has 20 heavy (non-hydrogen) atoms. The first-order valence-corrected chi connectivity index (χ1v) is 6.44. The van der Waals surface area contributed by atoms with Crippen LogP contribution in [-0.2, 0) is 4.74 Å². The van der Waals surface area contributed by atoms with Crippen LogP contribution >= 0.6 is 0 Å². The van der Waals surface area contributed by atoms with E-state index >= 15 is 0 Å². The fourth-order valence-corrected chi connectivity index (χ4v) is 2.22. The number of aromatic nitrogens is 3. The standard InChI is InChI=1S/C12H21N5O3/c1-12(2)7-17(6-8(5-13)20-12)9-14-10(18-3)16-11(15-9)19-4/h8H,5-7,13H2,1-4H3. The Bertz CT molecular complexity index is 446. The normalized spacial score (nSPS) is 21.6. The zero-order chi connectivity index (χ0) is 14.8. The number of nitrogens with zero attached hydrogens (tertiary/aromatic N) is 4. The second-order valence-corrected chi connectivity index (χ2v) is 5.22. The first-order chi connectivity index (χ1) is 9.47. The van der Waals surface area contributed by atoms with Gasteiger partial charge < -0.3 is 24.8 Å². The van der Waals surface area contributed by atoms with Gasteiger partial charge in [-0.05, 0) is 13.8 Å². The van der Waals surface area contributed by atoms with E-state index in [2.05, 4.69) is 15.0 Å². The van der Waals surface area contributed by atoms with Crippen molar-refractivity contribution < 1.29 is 14.2 Å². The van der Waals surface area contributed by atoms with Crippen molar-refractivity contribution in [3.05, 3.63) is 0 Å². The van der Waals surface area contributed by atoms with Crippen molar-refractivity contribution in [3.8, 4) is 12.0 Å². The molecule has 2 heterocycles. The summed E-state index contributed by atoms with van der Waals surface area (Å²) in [5.74, 6) is 0.503. The minimum atomic E-state index is -0.324. The van der Waals surface area contributed by atoms with Gasteiger partial charge >= 0.3 is 12.0 Å². The lowest BCUT2D eigenvalue weighted by atomic mass is 10.1.